The number of thiophene rings is 1. The fraction of sp³-hybridized carbons (Fsp3) is 0.333. The van der Waals surface area contributed by atoms with Crippen molar-refractivity contribution in [2.45, 2.75) is 13.0 Å². The molecule has 0 aliphatic rings. The number of hydrogen-bond acceptors (Lipinski definition) is 2. The van der Waals surface area contributed by atoms with Crippen molar-refractivity contribution in [2.24, 2.45) is 0 Å². The first-order valence-corrected chi connectivity index (χ1v) is 4.65. The predicted molar refractivity (Wildman–Crippen MR) is 50.8 cm³/mol. The van der Waals surface area contributed by atoms with Crippen LogP contribution in [-0.2, 0) is 6.54 Å². The summed E-state index contributed by atoms with van der Waals surface area (Å²) in [6.45, 7) is 5.68. The van der Waals surface area contributed by atoms with E-state index in [4.69, 9.17) is 0 Å². The summed E-state index contributed by atoms with van der Waals surface area (Å²) in [5.41, 5.74) is 0. The Morgan fingerprint density at radius 2 is 2.55 bits per heavy atom. The van der Waals surface area contributed by atoms with E-state index in [1.807, 2.05) is 6.08 Å². The first-order valence-electron chi connectivity index (χ1n) is 3.77. The topological polar surface area (TPSA) is 12.0 Å². The van der Waals surface area contributed by atoms with Crippen molar-refractivity contribution >= 4 is 11.3 Å². The van der Waals surface area contributed by atoms with Gasteiger partial charge in [0.2, 0.25) is 0 Å². The summed E-state index contributed by atoms with van der Waals surface area (Å²) in [6, 6.07) is 4.22. The fourth-order valence-corrected chi connectivity index (χ4v) is 1.50. The highest BCUT2D eigenvalue weighted by Gasteiger charge is 1.90. The maximum Gasteiger partial charge on any atom is 0.0299 e. The summed E-state index contributed by atoms with van der Waals surface area (Å²) in [7, 11) is 0. The van der Waals surface area contributed by atoms with E-state index in [9.17, 15) is 0 Å². The second kappa shape index (κ2) is 5.10. The molecule has 11 heavy (non-hydrogen) atoms. The minimum atomic E-state index is 0.992. The van der Waals surface area contributed by atoms with Gasteiger partial charge in [0.1, 0.15) is 0 Å². The lowest BCUT2D eigenvalue weighted by atomic mass is 10.4. The van der Waals surface area contributed by atoms with Gasteiger partial charge in [0, 0.05) is 11.4 Å². The van der Waals surface area contributed by atoms with E-state index in [1.165, 1.54) is 4.88 Å². The third kappa shape index (κ3) is 3.35. The van der Waals surface area contributed by atoms with Crippen molar-refractivity contribution < 1.29 is 0 Å². The lowest BCUT2D eigenvalue weighted by Crippen LogP contribution is -2.12. The highest BCUT2D eigenvalue weighted by Crippen LogP contribution is 2.06. The molecule has 0 fully saturated rings. The Hall–Kier alpha value is -0.600. The summed E-state index contributed by atoms with van der Waals surface area (Å²) >= 11 is 1.79. The molecule has 0 saturated heterocycles. The Morgan fingerprint density at radius 1 is 1.64 bits per heavy atom. The van der Waals surface area contributed by atoms with Gasteiger partial charge in [-0.1, -0.05) is 12.1 Å². The van der Waals surface area contributed by atoms with Crippen LogP contribution in [0.2, 0.25) is 0 Å². The lowest BCUT2D eigenvalue weighted by molar-refractivity contribution is 0.703. The molecule has 0 saturated carbocycles. The minimum Gasteiger partial charge on any atom is -0.312 e. The molecule has 0 bridgehead atoms. The Balaban J connectivity index is 2.09. The standard InChI is InChI=1S/C9H13NS/c1-2-3-6-10-8-9-5-4-7-11-9/h2,4-5,7,10H,1,3,6,8H2. The van der Waals surface area contributed by atoms with Gasteiger partial charge in [0.05, 0.1) is 0 Å². The molecule has 1 aromatic heterocycles. The van der Waals surface area contributed by atoms with E-state index < -0.39 is 0 Å². The third-order valence-corrected chi connectivity index (χ3v) is 2.28. The van der Waals surface area contributed by atoms with E-state index in [1.54, 1.807) is 11.3 Å². The molecule has 1 heterocycles. The fourth-order valence-electron chi connectivity index (χ4n) is 0.829. The van der Waals surface area contributed by atoms with Gasteiger partial charge in [-0.05, 0) is 24.4 Å². The smallest absolute Gasteiger partial charge is 0.0299 e. The molecule has 0 spiro atoms. The molecule has 0 atom stereocenters. The van der Waals surface area contributed by atoms with Gasteiger partial charge >= 0.3 is 0 Å². The summed E-state index contributed by atoms with van der Waals surface area (Å²) in [5.74, 6) is 0. The van der Waals surface area contributed by atoms with E-state index in [-0.39, 0.29) is 0 Å². The first kappa shape index (κ1) is 8.50. The van der Waals surface area contributed by atoms with E-state index in [0.717, 1.165) is 19.5 Å². The normalized spacial score (nSPS) is 9.82. The predicted octanol–water partition coefficient (Wildman–Crippen LogP) is 2.41. The van der Waals surface area contributed by atoms with Crippen LogP contribution in [0.25, 0.3) is 0 Å². The zero-order chi connectivity index (χ0) is 7.94. The Labute approximate surface area is 71.8 Å². The Kier molecular flexibility index (Phi) is 3.94. The third-order valence-electron chi connectivity index (χ3n) is 1.40. The second-order valence-corrected chi connectivity index (χ2v) is 3.37. The maximum atomic E-state index is 3.66. The van der Waals surface area contributed by atoms with Gasteiger partial charge in [-0.15, -0.1) is 17.9 Å². The highest BCUT2D eigenvalue weighted by molar-refractivity contribution is 7.09. The zero-order valence-electron chi connectivity index (χ0n) is 6.55. The SMILES string of the molecule is C=CCCNCc1cccs1. The van der Waals surface area contributed by atoms with Crippen LogP contribution in [0, 0.1) is 0 Å². The second-order valence-electron chi connectivity index (χ2n) is 2.33. The molecular weight excluding hydrogens is 154 g/mol. The largest absolute Gasteiger partial charge is 0.312 e. The average molecular weight is 167 g/mol. The molecule has 0 aromatic carbocycles. The lowest BCUT2D eigenvalue weighted by Gasteiger charge is -1.98. The van der Waals surface area contributed by atoms with Gasteiger partial charge in [0.25, 0.3) is 0 Å². The highest BCUT2D eigenvalue weighted by atomic mass is 32.1. The number of hydrogen-bond donors (Lipinski definition) is 1. The summed E-state index contributed by atoms with van der Waals surface area (Å²) in [5, 5.41) is 5.43. The van der Waals surface area contributed by atoms with E-state index in [2.05, 4.69) is 29.4 Å². The van der Waals surface area contributed by atoms with Crippen LogP contribution >= 0.6 is 11.3 Å². The molecule has 0 aliphatic carbocycles. The number of rotatable bonds is 5. The van der Waals surface area contributed by atoms with Crippen LogP contribution in [0.3, 0.4) is 0 Å². The molecule has 0 amide bonds. The van der Waals surface area contributed by atoms with E-state index in [0.29, 0.717) is 0 Å². The molecule has 0 aliphatic heterocycles. The first-order chi connectivity index (χ1) is 5.43. The molecule has 2 heteroatoms. The average Bonchev–Trinajstić information content (AvgIpc) is 2.50. The van der Waals surface area contributed by atoms with Gasteiger partial charge in [0.15, 0.2) is 0 Å². The molecule has 1 N–H and O–H groups in total. The van der Waals surface area contributed by atoms with Crippen molar-refractivity contribution in [3.63, 3.8) is 0 Å². The van der Waals surface area contributed by atoms with Crippen LogP contribution in [-0.4, -0.2) is 6.54 Å². The van der Waals surface area contributed by atoms with Crippen LogP contribution < -0.4 is 5.32 Å². The molecule has 0 unspecified atom stereocenters. The number of nitrogens with one attached hydrogen (secondary N) is 1. The van der Waals surface area contributed by atoms with E-state index >= 15 is 0 Å². The van der Waals surface area contributed by atoms with Crippen LogP contribution in [0.4, 0.5) is 0 Å². The van der Waals surface area contributed by atoms with Crippen molar-refractivity contribution in [1.29, 1.82) is 0 Å². The quantitative estimate of drug-likeness (QED) is 0.524. The van der Waals surface area contributed by atoms with Gasteiger partial charge in [-0.3, -0.25) is 0 Å². The monoisotopic (exact) mass is 167 g/mol. The molecular formula is C9H13NS. The zero-order valence-corrected chi connectivity index (χ0v) is 7.36. The molecule has 1 aromatic rings. The van der Waals surface area contributed by atoms with Crippen LogP contribution in [0.5, 0.6) is 0 Å². The summed E-state index contributed by atoms with van der Waals surface area (Å²) in [6.07, 6.45) is 2.98. The molecule has 1 nitrogen and oxygen atoms in total. The molecule has 60 valence electrons. The Bertz CT molecular complexity index is 191. The van der Waals surface area contributed by atoms with Crippen molar-refractivity contribution in [3.05, 3.63) is 35.0 Å². The van der Waals surface area contributed by atoms with Crippen LogP contribution in [0.1, 0.15) is 11.3 Å². The van der Waals surface area contributed by atoms with Gasteiger partial charge < -0.3 is 5.32 Å². The molecule has 0 radical (unpaired) electrons. The summed E-state index contributed by atoms with van der Waals surface area (Å²) in [4.78, 5) is 1.40. The van der Waals surface area contributed by atoms with Crippen molar-refractivity contribution in [1.82, 2.24) is 5.32 Å². The van der Waals surface area contributed by atoms with Crippen molar-refractivity contribution in [3.8, 4) is 0 Å². The van der Waals surface area contributed by atoms with Crippen molar-refractivity contribution in [2.75, 3.05) is 6.54 Å². The summed E-state index contributed by atoms with van der Waals surface area (Å²) < 4.78 is 0. The van der Waals surface area contributed by atoms with Gasteiger partial charge in [-0.2, -0.15) is 0 Å². The Morgan fingerprint density at radius 3 is 3.18 bits per heavy atom. The minimum absolute atomic E-state index is 0.992. The molecule has 1 rings (SSSR count). The van der Waals surface area contributed by atoms with Gasteiger partial charge in [-0.25, -0.2) is 0 Å². The van der Waals surface area contributed by atoms with Crippen LogP contribution in [0.15, 0.2) is 30.2 Å². The maximum absolute atomic E-state index is 3.66.